The van der Waals surface area contributed by atoms with Gasteiger partial charge in [0.15, 0.2) is 0 Å². The van der Waals surface area contributed by atoms with Gasteiger partial charge in [-0.15, -0.1) is 0 Å². The molecular weight excluding hydrogens is 288 g/mol. The average Bonchev–Trinajstić information content (AvgIpc) is 3.26. The number of nitrogens with zero attached hydrogens (tertiary/aromatic N) is 1. The minimum atomic E-state index is 0.558. The van der Waals surface area contributed by atoms with Crippen LogP contribution in [0.2, 0.25) is 5.02 Å². The zero-order valence-electron chi connectivity index (χ0n) is 12.7. The van der Waals surface area contributed by atoms with Crippen molar-refractivity contribution in [2.75, 3.05) is 24.0 Å². The van der Waals surface area contributed by atoms with Gasteiger partial charge in [-0.25, -0.2) is 0 Å². The summed E-state index contributed by atoms with van der Waals surface area (Å²) < 4.78 is 0. The fourth-order valence-electron chi connectivity index (χ4n) is 2.45. The highest BCUT2D eigenvalue weighted by Gasteiger charge is 2.21. The van der Waals surface area contributed by atoms with Crippen LogP contribution in [-0.2, 0) is 6.54 Å². The van der Waals surface area contributed by atoms with E-state index in [1.165, 1.54) is 24.1 Å². The van der Waals surface area contributed by atoms with Gasteiger partial charge in [0.25, 0.3) is 0 Å². The molecule has 1 atom stereocenters. The molecule has 0 aromatic heterocycles. The number of thioether (sulfide) groups is 1. The maximum absolute atomic E-state index is 6.21. The molecule has 2 rings (SSSR count). The van der Waals surface area contributed by atoms with Crippen molar-refractivity contribution in [1.82, 2.24) is 5.32 Å². The summed E-state index contributed by atoms with van der Waals surface area (Å²) >= 11 is 8.11. The second-order valence-electron chi connectivity index (χ2n) is 5.56. The predicted octanol–water partition coefficient (Wildman–Crippen LogP) is 4.17. The Labute approximate surface area is 132 Å². The van der Waals surface area contributed by atoms with Crippen LogP contribution >= 0.6 is 23.4 Å². The van der Waals surface area contributed by atoms with Crippen LogP contribution in [0, 0.1) is 0 Å². The number of hydrogen-bond donors (Lipinski definition) is 1. The van der Waals surface area contributed by atoms with E-state index < -0.39 is 0 Å². The minimum Gasteiger partial charge on any atom is -0.370 e. The quantitative estimate of drug-likeness (QED) is 0.775. The SMILES string of the molecule is CCC(CSC)N(C)c1cc(Cl)ccc1CNC1CC1. The molecule has 0 radical (unpaired) electrons. The van der Waals surface area contributed by atoms with Crippen LogP contribution in [0.4, 0.5) is 5.69 Å². The number of halogens is 1. The van der Waals surface area contributed by atoms with Crippen LogP contribution in [0.1, 0.15) is 31.7 Å². The van der Waals surface area contributed by atoms with E-state index >= 15 is 0 Å². The third kappa shape index (κ3) is 4.31. The van der Waals surface area contributed by atoms with E-state index in [0.717, 1.165) is 29.8 Å². The van der Waals surface area contributed by atoms with Gasteiger partial charge in [0.2, 0.25) is 0 Å². The predicted molar refractivity (Wildman–Crippen MR) is 92.2 cm³/mol. The number of nitrogens with one attached hydrogen (secondary N) is 1. The van der Waals surface area contributed by atoms with Crippen LogP contribution < -0.4 is 10.2 Å². The van der Waals surface area contributed by atoms with Crippen molar-refractivity contribution >= 4 is 29.1 Å². The summed E-state index contributed by atoms with van der Waals surface area (Å²) in [4.78, 5) is 2.40. The summed E-state index contributed by atoms with van der Waals surface area (Å²) in [7, 11) is 2.19. The van der Waals surface area contributed by atoms with Crippen molar-refractivity contribution in [3.05, 3.63) is 28.8 Å². The van der Waals surface area contributed by atoms with Crippen LogP contribution in [0.5, 0.6) is 0 Å². The van der Waals surface area contributed by atoms with Gasteiger partial charge in [-0.3, -0.25) is 0 Å². The van der Waals surface area contributed by atoms with Crippen molar-refractivity contribution in [2.24, 2.45) is 0 Å². The first-order valence-electron chi connectivity index (χ1n) is 7.39. The highest BCUT2D eigenvalue weighted by atomic mass is 35.5. The fourth-order valence-corrected chi connectivity index (χ4v) is 3.46. The first-order chi connectivity index (χ1) is 9.65. The van der Waals surface area contributed by atoms with E-state index in [2.05, 4.69) is 42.6 Å². The molecule has 1 saturated carbocycles. The molecule has 1 aromatic rings. The van der Waals surface area contributed by atoms with E-state index in [4.69, 9.17) is 11.6 Å². The van der Waals surface area contributed by atoms with E-state index in [9.17, 15) is 0 Å². The first-order valence-corrected chi connectivity index (χ1v) is 9.16. The Kier molecular flexibility index (Phi) is 6.06. The Morgan fingerprint density at radius 1 is 1.45 bits per heavy atom. The number of anilines is 1. The highest BCUT2D eigenvalue weighted by molar-refractivity contribution is 7.98. The van der Waals surface area contributed by atoms with Crippen molar-refractivity contribution in [1.29, 1.82) is 0 Å². The first kappa shape index (κ1) is 16.0. The van der Waals surface area contributed by atoms with Crippen molar-refractivity contribution < 1.29 is 0 Å². The molecule has 2 nitrogen and oxygen atoms in total. The Bertz CT molecular complexity index is 434. The van der Waals surface area contributed by atoms with Gasteiger partial charge in [-0.05, 0) is 43.2 Å². The monoisotopic (exact) mass is 312 g/mol. The summed E-state index contributed by atoms with van der Waals surface area (Å²) in [6, 6.07) is 7.56. The molecule has 20 heavy (non-hydrogen) atoms. The molecule has 1 aromatic carbocycles. The lowest BCUT2D eigenvalue weighted by Gasteiger charge is -2.31. The van der Waals surface area contributed by atoms with Crippen LogP contribution in [0.15, 0.2) is 18.2 Å². The van der Waals surface area contributed by atoms with E-state index in [0.29, 0.717) is 6.04 Å². The summed E-state index contributed by atoms with van der Waals surface area (Å²) in [6.45, 7) is 3.20. The van der Waals surface area contributed by atoms with E-state index in [-0.39, 0.29) is 0 Å². The number of hydrogen-bond acceptors (Lipinski definition) is 3. The number of rotatable bonds is 8. The van der Waals surface area contributed by atoms with Gasteiger partial charge >= 0.3 is 0 Å². The molecular formula is C16H25ClN2S. The van der Waals surface area contributed by atoms with Gasteiger partial charge in [-0.2, -0.15) is 11.8 Å². The molecule has 0 heterocycles. The summed E-state index contributed by atoms with van der Waals surface area (Å²) in [6.07, 6.45) is 5.97. The molecule has 0 aliphatic heterocycles. The molecule has 1 aliphatic carbocycles. The minimum absolute atomic E-state index is 0.558. The lowest BCUT2D eigenvalue weighted by Crippen LogP contribution is -2.34. The Balaban J connectivity index is 2.15. The fraction of sp³-hybridized carbons (Fsp3) is 0.625. The molecule has 0 spiro atoms. The van der Waals surface area contributed by atoms with Gasteiger partial charge in [0.05, 0.1) is 0 Å². The topological polar surface area (TPSA) is 15.3 Å². The summed E-state index contributed by atoms with van der Waals surface area (Å²) in [5.41, 5.74) is 2.62. The maximum atomic E-state index is 6.21. The maximum Gasteiger partial charge on any atom is 0.0426 e. The van der Waals surface area contributed by atoms with Gasteiger partial charge < -0.3 is 10.2 Å². The zero-order chi connectivity index (χ0) is 14.5. The van der Waals surface area contributed by atoms with Crippen molar-refractivity contribution in [3.8, 4) is 0 Å². The molecule has 0 bridgehead atoms. The van der Waals surface area contributed by atoms with Crippen LogP contribution in [0.25, 0.3) is 0 Å². The summed E-state index contributed by atoms with van der Waals surface area (Å²) in [5.74, 6) is 1.15. The smallest absolute Gasteiger partial charge is 0.0426 e. The van der Waals surface area contributed by atoms with Crippen molar-refractivity contribution in [3.63, 3.8) is 0 Å². The molecule has 0 saturated heterocycles. The molecule has 1 N–H and O–H groups in total. The standard InChI is InChI=1S/C16H25ClN2S/c1-4-15(11-20-3)19(2)16-9-13(17)6-5-12(16)10-18-14-7-8-14/h5-6,9,14-15,18H,4,7-8,10-11H2,1-3H3. The molecule has 0 amide bonds. The lowest BCUT2D eigenvalue weighted by atomic mass is 10.1. The molecule has 112 valence electrons. The summed E-state index contributed by atoms with van der Waals surface area (Å²) in [5, 5.41) is 4.42. The number of benzene rings is 1. The van der Waals surface area contributed by atoms with E-state index in [1.54, 1.807) is 0 Å². The zero-order valence-corrected chi connectivity index (χ0v) is 14.2. The van der Waals surface area contributed by atoms with Crippen LogP contribution in [-0.4, -0.2) is 31.1 Å². The second kappa shape index (κ2) is 7.58. The molecule has 4 heteroatoms. The average molecular weight is 313 g/mol. The highest BCUT2D eigenvalue weighted by Crippen LogP contribution is 2.28. The van der Waals surface area contributed by atoms with Gasteiger partial charge in [0.1, 0.15) is 0 Å². The van der Waals surface area contributed by atoms with Crippen molar-refractivity contribution in [2.45, 2.75) is 44.8 Å². The van der Waals surface area contributed by atoms with Gasteiger partial charge in [-0.1, -0.05) is 24.6 Å². The lowest BCUT2D eigenvalue weighted by molar-refractivity contribution is 0.656. The Morgan fingerprint density at radius 2 is 2.20 bits per heavy atom. The Hall–Kier alpha value is -0.380. The normalized spacial score (nSPS) is 16.2. The molecule has 1 fully saturated rings. The largest absolute Gasteiger partial charge is 0.370 e. The van der Waals surface area contributed by atoms with Gasteiger partial charge in [0, 0.05) is 42.1 Å². The van der Waals surface area contributed by atoms with E-state index in [1.807, 2.05) is 17.8 Å². The molecule has 1 unspecified atom stereocenters. The van der Waals surface area contributed by atoms with Crippen LogP contribution in [0.3, 0.4) is 0 Å². The third-order valence-electron chi connectivity index (χ3n) is 3.96. The second-order valence-corrected chi connectivity index (χ2v) is 6.90. The Morgan fingerprint density at radius 3 is 2.80 bits per heavy atom. The molecule has 1 aliphatic rings. The third-order valence-corrected chi connectivity index (χ3v) is 4.92.